The molecule has 2 aromatic rings. The second-order valence-electron chi connectivity index (χ2n) is 5.43. The van der Waals surface area contributed by atoms with E-state index in [4.69, 9.17) is 0 Å². The zero-order chi connectivity index (χ0) is 15.9. The summed E-state index contributed by atoms with van der Waals surface area (Å²) in [6.45, 7) is 0.681. The Bertz CT molecular complexity index is 623. The third-order valence-electron chi connectivity index (χ3n) is 3.47. The van der Waals surface area contributed by atoms with Gasteiger partial charge in [0.05, 0.1) is 0 Å². The number of rotatable bonds is 6. The number of amides is 1. The van der Waals surface area contributed by atoms with Crippen molar-refractivity contribution < 1.29 is 4.79 Å². The Morgan fingerprint density at radius 1 is 1.14 bits per heavy atom. The van der Waals surface area contributed by atoms with Crippen molar-refractivity contribution in [1.29, 1.82) is 0 Å². The van der Waals surface area contributed by atoms with Gasteiger partial charge in [0.1, 0.15) is 0 Å². The first-order valence-corrected chi connectivity index (χ1v) is 8.15. The molecule has 22 heavy (non-hydrogen) atoms. The zero-order valence-corrected chi connectivity index (χ0v) is 14.6. The molecule has 1 N–H and O–H groups in total. The van der Waals surface area contributed by atoms with Crippen LogP contribution in [0.2, 0.25) is 0 Å². The molecule has 0 unspecified atom stereocenters. The van der Waals surface area contributed by atoms with E-state index in [9.17, 15) is 4.79 Å². The molecule has 4 heteroatoms. The minimum Gasteiger partial charge on any atom is -0.378 e. The predicted octanol–water partition coefficient (Wildman–Crippen LogP) is 3.88. The van der Waals surface area contributed by atoms with Gasteiger partial charge in [-0.2, -0.15) is 0 Å². The van der Waals surface area contributed by atoms with Crippen LogP contribution in [0, 0.1) is 0 Å². The summed E-state index contributed by atoms with van der Waals surface area (Å²) in [5.41, 5.74) is 3.18. The molecule has 2 rings (SSSR count). The van der Waals surface area contributed by atoms with E-state index in [-0.39, 0.29) is 5.91 Å². The molecule has 0 saturated heterocycles. The number of carbonyl (C=O) groups excluding carboxylic acids is 1. The van der Waals surface area contributed by atoms with E-state index in [1.165, 1.54) is 11.3 Å². The summed E-state index contributed by atoms with van der Waals surface area (Å²) in [5.74, 6) is -0.0238. The second kappa shape index (κ2) is 7.99. The monoisotopic (exact) mass is 360 g/mol. The molecular weight excluding hydrogens is 340 g/mol. The smallest absolute Gasteiger partial charge is 0.251 e. The van der Waals surface area contributed by atoms with Gasteiger partial charge in [0.15, 0.2) is 0 Å². The molecule has 0 fully saturated rings. The Hall–Kier alpha value is -1.81. The molecule has 2 aromatic carbocycles. The lowest BCUT2D eigenvalue weighted by atomic mass is 10.1. The molecule has 0 aliphatic rings. The van der Waals surface area contributed by atoms with Crippen LogP contribution >= 0.6 is 15.9 Å². The number of anilines is 1. The molecule has 3 nitrogen and oxygen atoms in total. The van der Waals surface area contributed by atoms with E-state index < -0.39 is 0 Å². The maximum absolute atomic E-state index is 12.0. The highest BCUT2D eigenvalue weighted by Crippen LogP contribution is 2.13. The maximum Gasteiger partial charge on any atom is 0.251 e. The summed E-state index contributed by atoms with van der Waals surface area (Å²) in [5, 5.41) is 2.96. The van der Waals surface area contributed by atoms with Crippen LogP contribution < -0.4 is 10.2 Å². The van der Waals surface area contributed by atoms with E-state index in [1.807, 2.05) is 38.4 Å². The van der Waals surface area contributed by atoms with Crippen LogP contribution in [0.15, 0.2) is 53.0 Å². The first-order chi connectivity index (χ1) is 10.6. The summed E-state index contributed by atoms with van der Waals surface area (Å²) in [4.78, 5) is 14.1. The maximum atomic E-state index is 12.0. The topological polar surface area (TPSA) is 32.3 Å². The van der Waals surface area contributed by atoms with Gasteiger partial charge >= 0.3 is 0 Å². The summed E-state index contributed by atoms with van der Waals surface area (Å²) in [6, 6.07) is 16.0. The largest absolute Gasteiger partial charge is 0.378 e. The molecule has 0 radical (unpaired) electrons. The number of benzene rings is 2. The Balaban J connectivity index is 1.76. The van der Waals surface area contributed by atoms with Gasteiger partial charge in [-0.25, -0.2) is 0 Å². The number of hydrogen-bond acceptors (Lipinski definition) is 2. The van der Waals surface area contributed by atoms with Gasteiger partial charge in [0.2, 0.25) is 0 Å². The summed E-state index contributed by atoms with van der Waals surface area (Å²) in [6.07, 6.45) is 1.90. The van der Waals surface area contributed by atoms with Gasteiger partial charge in [-0.15, -0.1) is 0 Å². The number of aryl methyl sites for hydroxylation is 1. The third-order valence-corrected chi connectivity index (χ3v) is 3.96. The van der Waals surface area contributed by atoms with Crippen LogP contribution in [0.5, 0.6) is 0 Å². The molecule has 0 aromatic heterocycles. The van der Waals surface area contributed by atoms with Crippen molar-refractivity contribution >= 4 is 27.5 Å². The standard InChI is InChI=1S/C18H21BrN2O/c1-21(2)17-10-8-14(9-11-17)5-4-12-20-18(22)15-6-3-7-16(19)13-15/h3,6-11,13H,4-5,12H2,1-2H3,(H,20,22). The van der Waals surface area contributed by atoms with E-state index >= 15 is 0 Å². The highest BCUT2D eigenvalue weighted by molar-refractivity contribution is 9.10. The van der Waals surface area contributed by atoms with Crippen molar-refractivity contribution in [2.24, 2.45) is 0 Å². The zero-order valence-electron chi connectivity index (χ0n) is 13.0. The van der Waals surface area contributed by atoms with Crippen molar-refractivity contribution in [2.45, 2.75) is 12.8 Å². The van der Waals surface area contributed by atoms with Gasteiger partial charge in [0, 0.05) is 36.4 Å². The van der Waals surface area contributed by atoms with Gasteiger partial charge in [-0.3, -0.25) is 4.79 Å². The molecule has 0 bridgehead atoms. The van der Waals surface area contributed by atoms with Crippen LogP contribution in [0.3, 0.4) is 0 Å². The molecule has 0 spiro atoms. The summed E-state index contributed by atoms with van der Waals surface area (Å²) < 4.78 is 0.918. The number of nitrogens with one attached hydrogen (secondary N) is 1. The minimum absolute atomic E-state index is 0.0238. The fraction of sp³-hybridized carbons (Fsp3) is 0.278. The summed E-state index contributed by atoms with van der Waals surface area (Å²) >= 11 is 3.38. The molecule has 0 atom stereocenters. The second-order valence-corrected chi connectivity index (χ2v) is 6.35. The summed E-state index contributed by atoms with van der Waals surface area (Å²) in [7, 11) is 4.07. The van der Waals surface area contributed by atoms with E-state index in [2.05, 4.69) is 50.4 Å². The number of carbonyl (C=O) groups is 1. The fourth-order valence-electron chi connectivity index (χ4n) is 2.19. The third kappa shape index (κ3) is 4.88. The molecule has 1 amide bonds. The predicted molar refractivity (Wildman–Crippen MR) is 95.6 cm³/mol. The minimum atomic E-state index is -0.0238. The lowest BCUT2D eigenvalue weighted by molar-refractivity contribution is 0.0953. The SMILES string of the molecule is CN(C)c1ccc(CCCNC(=O)c2cccc(Br)c2)cc1. The van der Waals surface area contributed by atoms with E-state index in [0.29, 0.717) is 12.1 Å². The van der Waals surface area contributed by atoms with Gasteiger partial charge in [0.25, 0.3) is 5.91 Å². The molecule has 116 valence electrons. The van der Waals surface area contributed by atoms with Crippen LogP contribution in [0.4, 0.5) is 5.69 Å². The Labute approximate surface area is 140 Å². The number of nitrogens with zero attached hydrogens (tertiary/aromatic N) is 1. The van der Waals surface area contributed by atoms with Crippen molar-refractivity contribution in [3.63, 3.8) is 0 Å². The van der Waals surface area contributed by atoms with Gasteiger partial charge in [-0.05, 0) is 48.7 Å². The lowest BCUT2D eigenvalue weighted by Crippen LogP contribution is -2.24. The Morgan fingerprint density at radius 2 is 1.86 bits per heavy atom. The molecular formula is C18H21BrN2O. The van der Waals surface area contributed by atoms with Crippen molar-refractivity contribution in [3.8, 4) is 0 Å². The fourth-order valence-corrected chi connectivity index (χ4v) is 2.59. The Morgan fingerprint density at radius 3 is 2.50 bits per heavy atom. The van der Waals surface area contributed by atoms with Gasteiger partial charge in [-0.1, -0.05) is 34.1 Å². The van der Waals surface area contributed by atoms with Crippen LogP contribution in [-0.4, -0.2) is 26.5 Å². The normalized spacial score (nSPS) is 10.3. The molecule has 0 heterocycles. The average Bonchev–Trinajstić information content (AvgIpc) is 2.51. The average molecular weight is 361 g/mol. The first-order valence-electron chi connectivity index (χ1n) is 7.36. The van der Waals surface area contributed by atoms with E-state index in [0.717, 1.165) is 17.3 Å². The first kappa shape index (κ1) is 16.6. The van der Waals surface area contributed by atoms with Gasteiger partial charge < -0.3 is 10.2 Å². The molecule has 0 aliphatic carbocycles. The quantitative estimate of drug-likeness (QED) is 0.792. The van der Waals surface area contributed by atoms with Crippen molar-refractivity contribution in [3.05, 3.63) is 64.1 Å². The highest BCUT2D eigenvalue weighted by atomic mass is 79.9. The van der Waals surface area contributed by atoms with Crippen molar-refractivity contribution in [1.82, 2.24) is 5.32 Å². The van der Waals surface area contributed by atoms with Crippen LogP contribution in [0.1, 0.15) is 22.3 Å². The Kier molecular flexibility index (Phi) is 6.01. The van der Waals surface area contributed by atoms with Crippen molar-refractivity contribution in [2.75, 3.05) is 25.5 Å². The molecule has 0 saturated carbocycles. The van der Waals surface area contributed by atoms with Crippen LogP contribution in [-0.2, 0) is 6.42 Å². The highest BCUT2D eigenvalue weighted by Gasteiger charge is 2.04. The number of halogens is 1. The lowest BCUT2D eigenvalue weighted by Gasteiger charge is -2.12. The van der Waals surface area contributed by atoms with Crippen LogP contribution in [0.25, 0.3) is 0 Å². The molecule has 0 aliphatic heterocycles. The van der Waals surface area contributed by atoms with E-state index in [1.54, 1.807) is 0 Å². The number of hydrogen-bond donors (Lipinski definition) is 1.